The van der Waals surface area contributed by atoms with E-state index in [1.165, 1.54) is 18.3 Å². The van der Waals surface area contributed by atoms with Crippen LogP contribution in [0, 0.1) is 5.92 Å². The fourth-order valence-electron chi connectivity index (χ4n) is 4.20. The fourth-order valence-corrected chi connectivity index (χ4v) is 5.27. The van der Waals surface area contributed by atoms with Crippen LogP contribution >= 0.6 is 0 Å². The minimum atomic E-state index is -4.60. The number of hydrogen-bond donors (Lipinski definition) is 1. The summed E-state index contributed by atoms with van der Waals surface area (Å²) in [6.45, 7) is 11.7. The van der Waals surface area contributed by atoms with Crippen LogP contribution in [0.4, 0.5) is 19.0 Å². The number of alkyl halides is 3. The maximum absolute atomic E-state index is 13.2. The smallest absolute Gasteiger partial charge is 0.416 e. The molecule has 0 bridgehead atoms. The Labute approximate surface area is 246 Å². The van der Waals surface area contributed by atoms with Crippen LogP contribution in [0.5, 0.6) is 0 Å². The molecule has 2 unspecified atom stereocenters. The zero-order valence-corrected chi connectivity index (χ0v) is 25.3. The quantitative estimate of drug-likeness (QED) is 0.204. The molecule has 0 aliphatic carbocycles. The van der Waals surface area contributed by atoms with Crippen molar-refractivity contribution in [3.8, 4) is 0 Å². The van der Waals surface area contributed by atoms with Gasteiger partial charge in [-0.05, 0) is 42.4 Å². The van der Waals surface area contributed by atoms with Gasteiger partial charge in [0.15, 0.2) is 14.0 Å². The first-order chi connectivity index (χ1) is 20.1. The fraction of sp³-hybridized carbons (Fsp3) is 0.429. The number of anilines is 1. The van der Waals surface area contributed by atoms with Crippen molar-refractivity contribution in [2.45, 2.75) is 57.9 Å². The second-order valence-electron chi connectivity index (χ2n) is 12.0. The standard InChI is InChI=1S/C28H32F3N7O4Si/c1-27(2,3)43(4,5)42-16-19-15-41-26(19)38-11-8-18-13-33-24(35-25(18)38)23(40)17-6-7-21(32-12-17)34-22(39)14-37-10-9-20(36-37)28(29,30)31/h6-13,19,26H,14-16H2,1-5H3,(H,32,34,39). The number of fused-ring (bicyclic) bond motifs is 1. The molecule has 0 aromatic carbocycles. The minimum absolute atomic E-state index is 0.0291. The molecule has 1 saturated heterocycles. The van der Waals surface area contributed by atoms with Crippen molar-refractivity contribution in [1.29, 1.82) is 0 Å². The van der Waals surface area contributed by atoms with E-state index in [0.717, 1.165) is 22.3 Å². The van der Waals surface area contributed by atoms with Crippen LogP contribution in [0.15, 0.2) is 49.1 Å². The molecule has 1 aliphatic rings. The number of hydrogen-bond acceptors (Lipinski definition) is 8. The first-order valence-corrected chi connectivity index (χ1v) is 16.5. The van der Waals surface area contributed by atoms with Crippen LogP contribution in [-0.4, -0.2) is 62.5 Å². The number of nitrogens with zero attached hydrogens (tertiary/aromatic N) is 6. The van der Waals surface area contributed by atoms with Gasteiger partial charge in [-0.3, -0.25) is 14.3 Å². The summed E-state index contributed by atoms with van der Waals surface area (Å²) in [5.74, 6) is -0.875. The van der Waals surface area contributed by atoms with E-state index in [1.54, 1.807) is 6.20 Å². The normalized spacial score (nSPS) is 17.6. The van der Waals surface area contributed by atoms with E-state index in [9.17, 15) is 22.8 Å². The molecular weight excluding hydrogens is 583 g/mol. The summed E-state index contributed by atoms with van der Waals surface area (Å²) in [7, 11) is -1.92. The summed E-state index contributed by atoms with van der Waals surface area (Å²) < 4.78 is 53.2. The van der Waals surface area contributed by atoms with Gasteiger partial charge in [-0.15, -0.1) is 0 Å². The van der Waals surface area contributed by atoms with E-state index in [4.69, 9.17) is 9.16 Å². The summed E-state index contributed by atoms with van der Waals surface area (Å²) in [5, 5.41) is 6.67. The van der Waals surface area contributed by atoms with Crippen molar-refractivity contribution >= 4 is 36.9 Å². The Morgan fingerprint density at radius 2 is 1.86 bits per heavy atom. The third kappa shape index (κ3) is 6.52. The number of carbonyl (C=O) groups is 2. The summed E-state index contributed by atoms with van der Waals surface area (Å²) in [5.41, 5.74) is -0.341. The number of ketones is 1. The highest BCUT2D eigenvalue weighted by atomic mass is 28.4. The maximum atomic E-state index is 13.2. The van der Waals surface area contributed by atoms with Crippen LogP contribution in [0.1, 0.15) is 48.9 Å². The Morgan fingerprint density at radius 3 is 2.47 bits per heavy atom. The molecule has 0 radical (unpaired) electrons. The number of amides is 1. The monoisotopic (exact) mass is 615 g/mol. The van der Waals surface area contributed by atoms with Crippen molar-refractivity contribution in [3.63, 3.8) is 0 Å². The van der Waals surface area contributed by atoms with Gasteiger partial charge in [0.05, 0.1) is 6.61 Å². The van der Waals surface area contributed by atoms with Gasteiger partial charge < -0.3 is 19.0 Å². The van der Waals surface area contributed by atoms with E-state index in [0.29, 0.717) is 18.9 Å². The number of halogens is 3. The van der Waals surface area contributed by atoms with E-state index in [2.05, 4.69) is 59.2 Å². The zero-order valence-electron chi connectivity index (χ0n) is 24.3. The van der Waals surface area contributed by atoms with Gasteiger partial charge in [0, 0.05) is 48.3 Å². The zero-order chi connectivity index (χ0) is 31.2. The molecule has 1 aliphatic heterocycles. The van der Waals surface area contributed by atoms with E-state index >= 15 is 0 Å². The number of aromatic nitrogens is 6. The summed E-state index contributed by atoms with van der Waals surface area (Å²) in [6.07, 6.45) is 0.896. The molecule has 0 saturated carbocycles. The molecule has 4 aromatic rings. The van der Waals surface area contributed by atoms with Gasteiger partial charge in [-0.25, -0.2) is 15.0 Å². The molecular formula is C28H32F3N7O4Si. The molecule has 2 atom stereocenters. The molecule has 43 heavy (non-hydrogen) atoms. The molecule has 5 rings (SSSR count). The van der Waals surface area contributed by atoms with Gasteiger partial charge in [-0.2, -0.15) is 18.3 Å². The predicted molar refractivity (Wildman–Crippen MR) is 153 cm³/mol. The third-order valence-electron chi connectivity index (χ3n) is 7.81. The molecule has 228 valence electrons. The molecule has 1 amide bonds. The first-order valence-electron chi connectivity index (χ1n) is 13.6. The van der Waals surface area contributed by atoms with Gasteiger partial charge >= 0.3 is 6.18 Å². The highest BCUT2D eigenvalue weighted by Crippen LogP contribution is 2.39. The molecule has 15 heteroatoms. The molecule has 11 nitrogen and oxygen atoms in total. The lowest BCUT2D eigenvalue weighted by molar-refractivity contribution is -0.170. The minimum Gasteiger partial charge on any atom is -0.416 e. The number of ether oxygens (including phenoxy) is 1. The topological polar surface area (TPSA) is 126 Å². The lowest BCUT2D eigenvalue weighted by Crippen LogP contribution is -2.46. The van der Waals surface area contributed by atoms with Crippen LogP contribution in [0.25, 0.3) is 11.0 Å². The van der Waals surface area contributed by atoms with Gasteiger partial charge in [0.25, 0.3) is 0 Å². The van der Waals surface area contributed by atoms with Crippen LogP contribution in [0.2, 0.25) is 18.1 Å². The van der Waals surface area contributed by atoms with Crippen molar-refractivity contribution in [1.82, 2.24) is 29.3 Å². The Kier molecular flexibility index (Phi) is 8.00. The maximum Gasteiger partial charge on any atom is 0.435 e. The molecule has 0 spiro atoms. The highest BCUT2D eigenvalue weighted by Gasteiger charge is 2.41. The predicted octanol–water partition coefficient (Wildman–Crippen LogP) is 5.08. The van der Waals surface area contributed by atoms with Crippen molar-refractivity contribution in [2.75, 3.05) is 18.5 Å². The summed E-state index contributed by atoms with van der Waals surface area (Å²) >= 11 is 0. The van der Waals surface area contributed by atoms with Crippen molar-refractivity contribution in [2.24, 2.45) is 5.92 Å². The number of nitrogens with one attached hydrogen (secondary N) is 1. The highest BCUT2D eigenvalue weighted by molar-refractivity contribution is 6.74. The molecule has 1 fully saturated rings. The molecule has 1 N–H and O–H groups in total. The van der Waals surface area contributed by atoms with Crippen molar-refractivity contribution < 1.29 is 31.9 Å². The largest absolute Gasteiger partial charge is 0.435 e. The van der Waals surface area contributed by atoms with Crippen LogP contribution in [-0.2, 0) is 26.7 Å². The third-order valence-corrected chi connectivity index (χ3v) is 12.3. The lowest BCUT2D eigenvalue weighted by atomic mass is 10.1. The second-order valence-corrected chi connectivity index (χ2v) is 16.8. The van der Waals surface area contributed by atoms with Crippen LogP contribution < -0.4 is 5.32 Å². The Morgan fingerprint density at radius 1 is 1.09 bits per heavy atom. The molecule has 5 heterocycles. The average Bonchev–Trinajstić information content (AvgIpc) is 3.55. The number of carbonyl (C=O) groups excluding carboxylic acids is 2. The lowest BCUT2D eigenvalue weighted by Gasteiger charge is -2.42. The van der Waals surface area contributed by atoms with Gasteiger partial charge in [0.2, 0.25) is 17.5 Å². The van der Waals surface area contributed by atoms with E-state index in [1.807, 2.05) is 16.8 Å². The van der Waals surface area contributed by atoms with Gasteiger partial charge in [0.1, 0.15) is 24.2 Å². The second kappa shape index (κ2) is 11.3. The first kappa shape index (κ1) is 30.5. The van der Waals surface area contributed by atoms with E-state index < -0.39 is 38.4 Å². The average molecular weight is 616 g/mol. The number of pyridine rings is 1. The Hall–Kier alpha value is -3.95. The van der Waals surface area contributed by atoms with Crippen molar-refractivity contribution in [3.05, 3.63) is 66.1 Å². The Bertz CT molecular complexity index is 1640. The summed E-state index contributed by atoms with van der Waals surface area (Å²) in [6, 6.07) is 5.51. The van der Waals surface area contributed by atoms with Crippen LogP contribution in [0.3, 0.4) is 0 Å². The van der Waals surface area contributed by atoms with Gasteiger partial charge in [-0.1, -0.05) is 20.8 Å². The summed E-state index contributed by atoms with van der Waals surface area (Å²) in [4.78, 5) is 38.3. The number of rotatable bonds is 9. The van der Waals surface area contributed by atoms with E-state index in [-0.39, 0.29) is 34.4 Å². The SMILES string of the molecule is CC(C)(C)[Si](C)(C)OCC1COC1n1ccc2cnc(C(=O)c3ccc(NC(=O)Cn4ccc(C(F)(F)F)n4)nc3)nc21. The molecule has 4 aromatic heterocycles. The Balaban J connectivity index is 1.24.